The molecule has 0 saturated carbocycles. The van der Waals surface area contributed by atoms with Crippen molar-refractivity contribution in [2.45, 2.75) is 45.4 Å². The number of nitrogens with zero attached hydrogens (tertiary/aromatic N) is 1. The number of nitrogens with one attached hydrogen (secondary N) is 1. The van der Waals surface area contributed by atoms with Crippen molar-refractivity contribution in [3.05, 3.63) is 29.8 Å². The van der Waals surface area contributed by atoms with Crippen LogP contribution in [0.2, 0.25) is 0 Å². The lowest BCUT2D eigenvalue weighted by Crippen LogP contribution is -2.31. The number of amides is 1. The summed E-state index contributed by atoms with van der Waals surface area (Å²) >= 11 is 0. The molecular weight excluding hydrogens is 380 g/mol. The molecule has 0 aliphatic heterocycles. The molecule has 0 radical (unpaired) electrons. The largest absolute Gasteiger partial charge is 0.494 e. The molecule has 8 heteroatoms. The second kappa shape index (κ2) is 12.5. The van der Waals surface area contributed by atoms with Crippen molar-refractivity contribution in [3.63, 3.8) is 0 Å². The van der Waals surface area contributed by atoms with Gasteiger partial charge >= 0.3 is 0 Å². The quantitative estimate of drug-likeness (QED) is 0.374. The molecule has 0 unspecified atom stereocenters. The predicted octanol–water partition coefficient (Wildman–Crippen LogP) is 2.62. The van der Waals surface area contributed by atoms with Crippen LogP contribution < -0.4 is 10.1 Å². The highest BCUT2D eigenvalue weighted by Gasteiger charge is 2.11. The maximum absolute atomic E-state index is 12.2. The molecule has 0 heterocycles. The zero-order chi connectivity index (χ0) is 21.0. The van der Waals surface area contributed by atoms with E-state index in [1.165, 1.54) is 11.4 Å². The predicted molar refractivity (Wildman–Crippen MR) is 110 cm³/mol. The molecule has 1 aromatic carbocycles. The molecule has 0 aliphatic carbocycles. The zero-order valence-corrected chi connectivity index (χ0v) is 17.9. The summed E-state index contributed by atoms with van der Waals surface area (Å²) < 4.78 is 29.4. The third-order valence-electron chi connectivity index (χ3n) is 4.31. The molecule has 0 fully saturated rings. The average molecular weight is 413 g/mol. The zero-order valence-electron chi connectivity index (χ0n) is 17.1. The lowest BCUT2D eigenvalue weighted by molar-refractivity contribution is -0.121. The molecule has 7 nitrogen and oxygen atoms in total. The van der Waals surface area contributed by atoms with Crippen LogP contribution in [0.4, 0.5) is 0 Å². The second-order valence-corrected chi connectivity index (χ2v) is 8.88. The van der Waals surface area contributed by atoms with Gasteiger partial charge in [-0.15, -0.1) is 0 Å². The Morgan fingerprint density at radius 1 is 1.07 bits per heavy atom. The number of rotatable bonds is 14. The summed E-state index contributed by atoms with van der Waals surface area (Å²) in [5, 5.41) is 2.71. The van der Waals surface area contributed by atoms with Gasteiger partial charge in [0, 0.05) is 38.5 Å². The molecule has 1 rings (SSSR count). The third kappa shape index (κ3) is 9.85. The van der Waals surface area contributed by atoms with E-state index in [-0.39, 0.29) is 24.5 Å². The summed E-state index contributed by atoms with van der Waals surface area (Å²) in [4.78, 5) is 24.0. The minimum absolute atomic E-state index is 0.0931. The second-order valence-electron chi connectivity index (χ2n) is 6.79. The lowest BCUT2D eigenvalue weighted by atomic mass is 10.1. The number of ketones is 1. The van der Waals surface area contributed by atoms with Crippen LogP contribution in [0.15, 0.2) is 24.3 Å². The highest BCUT2D eigenvalue weighted by atomic mass is 32.2. The van der Waals surface area contributed by atoms with Gasteiger partial charge in [0.05, 0.1) is 12.9 Å². The molecule has 28 heavy (non-hydrogen) atoms. The van der Waals surface area contributed by atoms with Crippen LogP contribution in [0, 0.1) is 0 Å². The van der Waals surface area contributed by atoms with E-state index in [2.05, 4.69) is 12.2 Å². The third-order valence-corrected chi connectivity index (χ3v) is 5.63. The number of hydrogen-bond acceptors (Lipinski definition) is 5. The van der Waals surface area contributed by atoms with Crippen LogP contribution in [0.5, 0.6) is 5.75 Å². The van der Waals surface area contributed by atoms with Gasteiger partial charge in [-0.3, -0.25) is 9.59 Å². The molecule has 1 amide bonds. The van der Waals surface area contributed by atoms with Crippen molar-refractivity contribution < 1.29 is 22.7 Å². The Hall–Kier alpha value is -1.93. The Balaban J connectivity index is 2.27. The number of carbonyl (C=O) groups is 2. The van der Waals surface area contributed by atoms with Gasteiger partial charge in [-0.05, 0) is 37.1 Å². The number of unbranched alkanes of at least 4 members (excludes halogenated alkanes) is 2. The first-order valence-electron chi connectivity index (χ1n) is 9.68. The van der Waals surface area contributed by atoms with Gasteiger partial charge in [0.2, 0.25) is 15.9 Å². The monoisotopic (exact) mass is 412 g/mol. The van der Waals surface area contributed by atoms with Crippen LogP contribution in [0.25, 0.3) is 0 Å². The molecule has 0 saturated heterocycles. The van der Waals surface area contributed by atoms with Crippen LogP contribution in [0.1, 0.15) is 55.8 Å². The summed E-state index contributed by atoms with van der Waals surface area (Å²) in [5.41, 5.74) is 0.559. The first kappa shape index (κ1) is 24.1. The van der Waals surface area contributed by atoms with Crippen LogP contribution in [-0.2, 0) is 14.8 Å². The van der Waals surface area contributed by atoms with Gasteiger partial charge in [0.25, 0.3) is 0 Å². The molecule has 158 valence electrons. The Labute approximate surface area is 168 Å². The first-order chi connectivity index (χ1) is 13.2. The van der Waals surface area contributed by atoms with E-state index in [4.69, 9.17) is 4.74 Å². The van der Waals surface area contributed by atoms with Crippen molar-refractivity contribution in [1.82, 2.24) is 9.62 Å². The van der Waals surface area contributed by atoms with Crippen molar-refractivity contribution >= 4 is 21.7 Å². The number of ether oxygens (including phenoxy) is 1. The number of benzene rings is 1. The van der Waals surface area contributed by atoms with Crippen molar-refractivity contribution in [2.75, 3.05) is 33.0 Å². The van der Waals surface area contributed by atoms with Crippen molar-refractivity contribution in [2.24, 2.45) is 0 Å². The Morgan fingerprint density at radius 2 is 1.75 bits per heavy atom. The van der Waals surface area contributed by atoms with Crippen LogP contribution >= 0.6 is 0 Å². The van der Waals surface area contributed by atoms with Gasteiger partial charge in [-0.2, -0.15) is 0 Å². The van der Waals surface area contributed by atoms with Gasteiger partial charge < -0.3 is 10.1 Å². The van der Waals surface area contributed by atoms with Crippen molar-refractivity contribution in [3.8, 4) is 5.75 Å². The fraction of sp³-hybridized carbons (Fsp3) is 0.600. The highest BCUT2D eigenvalue weighted by Crippen LogP contribution is 2.14. The molecule has 0 aromatic heterocycles. The van der Waals surface area contributed by atoms with E-state index in [0.717, 1.165) is 31.3 Å². The average Bonchev–Trinajstić information content (AvgIpc) is 2.66. The van der Waals surface area contributed by atoms with E-state index in [9.17, 15) is 18.0 Å². The topological polar surface area (TPSA) is 92.8 Å². The van der Waals surface area contributed by atoms with Gasteiger partial charge in [0.15, 0.2) is 5.78 Å². The Kier molecular flexibility index (Phi) is 10.8. The fourth-order valence-electron chi connectivity index (χ4n) is 2.43. The van der Waals surface area contributed by atoms with E-state index < -0.39 is 10.0 Å². The van der Waals surface area contributed by atoms with Gasteiger partial charge in [0.1, 0.15) is 5.75 Å². The molecule has 0 atom stereocenters. The summed E-state index contributed by atoms with van der Waals surface area (Å²) in [6.07, 6.45) is 5.18. The number of carbonyl (C=O) groups excluding carboxylic acids is 2. The Bertz CT molecular complexity index is 717. The van der Waals surface area contributed by atoms with E-state index >= 15 is 0 Å². The summed E-state index contributed by atoms with van der Waals surface area (Å²) in [6.45, 7) is 3.52. The fourth-order valence-corrected chi connectivity index (χ4v) is 2.90. The molecule has 0 aliphatic rings. The molecule has 1 N–H and O–H groups in total. The Morgan fingerprint density at radius 3 is 2.36 bits per heavy atom. The molecule has 0 spiro atoms. The maximum Gasteiger partial charge on any atom is 0.220 e. The number of sulfonamides is 1. The molecule has 1 aromatic rings. The normalized spacial score (nSPS) is 11.4. The highest BCUT2D eigenvalue weighted by molar-refractivity contribution is 7.88. The van der Waals surface area contributed by atoms with Crippen LogP contribution in [0.3, 0.4) is 0 Å². The van der Waals surface area contributed by atoms with E-state index in [1.54, 1.807) is 24.3 Å². The van der Waals surface area contributed by atoms with E-state index in [0.29, 0.717) is 31.7 Å². The summed E-state index contributed by atoms with van der Waals surface area (Å²) in [5.74, 6) is 0.431. The first-order valence-corrected chi connectivity index (χ1v) is 11.5. The summed E-state index contributed by atoms with van der Waals surface area (Å²) in [7, 11) is -1.70. The standard InChI is InChI=1S/C20H32N2O5S/c1-4-5-6-16-27-18-10-8-17(9-11-18)19(23)12-13-20(24)21-14-7-15-22(2)28(3,25)26/h8-11H,4-7,12-16H2,1-3H3,(H,21,24). The minimum Gasteiger partial charge on any atom is -0.494 e. The van der Waals surface area contributed by atoms with Gasteiger partial charge in [-0.1, -0.05) is 19.8 Å². The minimum atomic E-state index is -3.20. The number of Topliss-reactive ketones (excluding diaryl/α,β-unsaturated/α-hetero) is 1. The van der Waals surface area contributed by atoms with Gasteiger partial charge in [-0.25, -0.2) is 12.7 Å². The lowest BCUT2D eigenvalue weighted by Gasteiger charge is -2.13. The molecule has 0 bridgehead atoms. The SMILES string of the molecule is CCCCCOc1ccc(C(=O)CCC(=O)NCCCN(C)S(C)(=O)=O)cc1. The maximum atomic E-state index is 12.2. The number of hydrogen-bond donors (Lipinski definition) is 1. The smallest absolute Gasteiger partial charge is 0.220 e. The summed E-state index contributed by atoms with van der Waals surface area (Å²) in [6, 6.07) is 6.99. The van der Waals surface area contributed by atoms with Crippen LogP contribution in [-0.4, -0.2) is 57.4 Å². The van der Waals surface area contributed by atoms with E-state index in [1.807, 2.05) is 0 Å². The molecular formula is C20H32N2O5S. The van der Waals surface area contributed by atoms with Crippen molar-refractivity contribution in [1.29, 1.82) is 0 Å².